The Labute approximate surface area is 96.1 Å². The van der Waals surface area contributed by atoms with E-state index >= 15 is 0 Å². The fourth-order valence-corrected chi connectivity index (χ4v) is 1.56. The van der Waals surface area contributed by atoms with E-state index in [1.807, 2.05) is 18.7 Å². The highest BCUT2D eigenvalue weighted by Crippen LogP contribution is 2.10. The van der Waals surface area contributed by atoms with Gasteiger partial charge in [0.05, 0.1) is 6.54 Å². The van der Waals surface area contributed by atoms with Gasteiger partial charge in [0.25, 0.3) is 0 Å². The molecule has 0 N–H and O–H groups in total. The molecule has 0 radical (unpaired) electrons. The van der Waals surface area contributed by atoms with E-state index in [4.69, 9.17) is 0 Å². The number of hydrogen-bond acceptors (Lipinski definition) is 2. The highest BCUT2D eigenvalue weighted by molar-refractivity contribution is 5.97. The summed E-state index contributed by atoms with van der Waals surface area (Å²) in [7, 11) is 0. The van der Waals surface area contributed by atoms with Gasteiger partial charge in [-0.05, 0) is 43.8 Å². The maximum absolute atomic E-state index is 13.0. The first-order valence-electron chi connectivity index (χ1n) is 5.60. The van der Waals surface area contributed by atoms with Crippen LogP contribution in [0.5, 0.6) is 0 Å². The molecule has 0 unspecified atom stereocenters. The molecule has 0 aliphatic heterocycles. The van der Waals surface area contributed by atoms with Gasteiger partial charge in [0, 0.05) is 5.56 Å². The lowest BCUT2D eigenvalue weighted by molar-refractivity contribution is 0.0937. The summed E-state index contributed by atoms with van der Waals surface area (Å²) in [4.78, 5) is 13.9. The van der Waals surface area contributed by atoms with Crippen LogP contribution < -0.4 is 0 Å². The molecule has 0 atom stereocenters. The van der Waals surface area contributed by atoms with Crippen LogP contribution in [0.3, 0.4) is 0 Å². The third kappa shape index (κ3) is 3.14. The monoisotopic (exact) mass is 223 g/mol. The molecule has 0 heterocycles. The van der Waals surface area contributed by atoms with Crippen molar-refractivity contribution in [1.29, 1.82) is 0 Å². The number of carbonyl (C=O) groups excluding carboxylic acids is 1. The molecule has 0 saturated heterocycles. The third-order valence-corrected chi connectivity index (χ3v) is 2.74. The second kappa shape index (κ2) is 5.75. The molecule has 0 aliphatic carbocycles. The molecule has 1 rings (SSSR count). The minimum Gasteiger partial charge on any atom is -0.296 e. The summed E-state index contributed by atoms with van der Waals surface area (Å²) in [6.45, 7) is 7.81. The molecule has 2 nitrogen and oxygen atoms in total. The molecule has 16 heavy (non-hydrogen) atoms. The van der Waals surface area contributed by atoms with Gasteiger partial charge in [0.15, 0.2) is 5.78 Å². The van der Waals surface area contributed by atoms with E-state index in [1.54, 1.807) is 19.1 Å². The molecule has 1 aromatic carbocycles. The molecule has 1 aromatic rings. The van der Waals surface area contributed by atoms with Crippen LogP contribution in [0.1, 0.15) is 29.8 Å². The maximum atomic E-state index is 13.0. The summed E-state index contributed by atoms with van der Waals surface area (Å²) in [5, 5.41) is 0. The van der Waals surface area contributed by atoms with Crippen LogP contribution in [0.2, 0.25) is 0 Å². The van der Waals surface area contributed by atoms with Gasteiger partial charge in [-0.3, -0.25) is 9.69 Å². The number of nitrogens with zero attached hydrogens (tertiary/aromatic N) is 1. The van der Waals surface area contributed by atoms with Gasteiger partial charge in [-0.1, -0.05) is 13.8 Å². The standard InChI is InChI=1S/C13H18FNO/c1-4-15(5-2)9-13(16)11-6-7-12(14)10(3)8-11/h6-8H,4-5,9H2,1-3H3. The normalized spacial score (nSPS) is 10.8. The largest absolute Gasteiger partial charge is 0.296 e. The van der Waals surface area contributed by atoms with Crippen LogP contribution in [0.4, 0.5) is 4.39 Å². The number of likely N-dealkylation sites (N-methyl/N-ethyl adjacent to an activating group) is 1. The molecule has 0 amide bonds. The minimum atomic E-state index is -0.264. The molecule has 88 valence electrons. The van der Waals surface area contributed by atoms with Crippen LogP contribution in [-0.4, -0.2) is 30.3 Å². The quantitative estimate of drug-likeness (QED) is 0.715. The van der Waals surface area contributed by atoms with Crippen LogP contribution >= 0.6 is 0 Å². The lowest BCUT2D eigenvalue weighted by Gasteiger charge is -2.16. The van der Waals surface area contributed by atoms with E-state index in [1.165, 1.54) is 6.07 Å². The molecule has 0 aromatic heterocycles. The lowest BCUT2D eigenvalue weighted by atomic mass is 10.1. The van der Waals surface area contributed by atoms with Crippen molar-refractivity contribution in [3.05, 3.63) is 35.1 Å². The molecule has 0 fully saturated rings. The van der Waals surface area contributed by atoms with Crippen LogP contribution in [0.15, 0.2) is 18.2 Å². The minimum absolute atomic E-state index is 0.0480. The smallest absolute Gasteiger partial charge is 0.176 e. The first-order chi connectivity index (χ1) is 7.58. The number of hydrogen-bond donors (Lipinski definition) is 0. The molecule has 0 bridgehead atoms. The van der Waals surface area contributed by atoms with Gasteiger partial charge >= 0.3 is 0 Å². The van der Waals surface area contributed by atoms with Crippen LogP contribution in [0.25, 0.3) is 0 Å². The van der Waals surface area contributed by atoms with Gasteiger partial charge in [0.1, 0.15) is 5.82 Å². The molecule has 0 spiro atoms. The number of carbonyl (C=O) groups is 1. The van der Waals surface area contributed by atoms with Gasteiger partial charge in [-0.15, -0.1) is 0 Å². The summed E-state index contributed by atoms with van der Waals surface area (Å²) in [5.74, 6) is -0.216. The van der Waals surface area contributed by atoms with Crippen molar-refractivity contribution >= 4 is 5.78 Å². The van der Waals surface area contributed by atoms with E-state index in [-0.39, 0.29) is 11.6 Å². The fraction of sp³-hybridized carbons (Fsp3) is 0.462. The van der Waals surface area contributed by atoms with E-state index in [9.17, 15) is 9.18 Å². The predicted molar refractivity (Wildman–Crippen MR) is 63.3 cm³/mol. The Balaban J connectivity index is 2.76. The first-order valence-corrected chi connectivity index (χ1v) is 5.60. The van der Waals surface area contributed by atoms with Gasteiger partial charge < -0.3 is 0 Å². The first kappa shape index (κ1) is 12.8. The van der Waals surface area contributed by atoms with Crippen molar-refractivity contribution in [3.8, 4) is 0 Å². The van der Waals surface area contributed by atoms with Crippen molar-refractivity contribution in [1.82, 2.24) is 4.90 Å². The Morgan fingerprint density at radius 2 is 1.94 bits per heavy atom. The maximum Gasteiger partial charge on any atom is 0.176 e. The van der Waals surface area contributed by atoms with Crippen LogP contribution in [0, 0.1) is 12.7 Å². The summed E-state index contributed by atoms with van der Waals surface area (Å²) >= 11 is 0. The Morgan fingerprint density at radius 3 is 2.44 bits per heavy atom. The Hall–Kier alpha value is -1.22. The topological polar surface area (TPSA) is 20.3 Å². The summed E-state index contributed by atoms with van der Waals surface area (Å²) < 4.78 is 13.0. The molecule has 0 saturated carbocycles. The van der Waals surface area contributed by atoms with Crippen molar-refractivity contribution < 1.29 is 9.18 Å². The number of rotatable bonds is 5. The number of benzene rings is 1. The van der Waals surface area contributed by atoms with Crippen LogP contribution in [-0.2, 0) is 0 Å². The van der Waals surface area contributed by atoms with Gasteiger partial charge in [-0.25, -0.2) is 4.39 Å². The fourth-order valence-electron chi connectivity index (χ4n) is 1.56. The average molecular weight is 223 g/mol. The zero-order valence-electron chi connectivity index (χ0n) is 10.1. The lowest BCUT2D eigenvalue weighted by Crippen LogP contribution is -2.29. The second-order valence-corrected chi connectivity index (χ2v) is 3.85. The Kier molecular flexibility index (Phi) is 4.62. The molecular weight excluding hydrogens is 205 g/mol. The summed E-state index contributed by atoms with van der Waals surface area (Å²) in [6.07, 6.45) is 0. The van der Waals surface area contributed by atoms with Crippen molar-refractivity contribution in [3.63, 3.8) is 0 Å². The van der Waals surface area contributed by atoms with E-state index in [0.29, 0.717) is 17.7 Å². The molecular formula is C13H18FNO. The second-order valence-electron chi connectivity index (χ2n) is 3.85. The van der Waals surface area contributed by atoms with E-state index in [2.05, 4.69) is 0 Å². The third-order valence-electron chi connectivity index (χ3n) is 2.74. The SMILES string of the molecule is CCN(CC)CC(=O)c1ccc(F)c(C)c1. The van der Waals surface area contributed by atoms with E-state index < -0.39 is 0 Å². The Morgan fingerprint density at radius 1 is 1.31 bits per heavy atom. The molecule has 0 aliphatic rings. The van der Waals surface area contributed by atoms with Gasteiger partial charge in [0.2, 0.25) is 0 Å². The van der Waals surface area contributed by atoms with Gasteiger partial charge in [-0.2, -0.15) is 0 Å². The number of aryl methyl sites for hydroxylation is 1. The Bertz CT molecular complexity index is 372. The zero-order valence-corrected chi connectivity index (χ0v) is 10.1. The van der Waals surface area contributed by atoms with Crippen molar-refractivity contribution in [2.45, 2.75) is 20.8 Å². The highest BCUT2D eigenvalue weighted by atomic mass is 19.1. The van der Waals surface area contributed by atoms with Crippen molar-refractivity contribution in [2.75, 3.05) is 19.6 Å². The summed E-state index contributed by atoms with van der Waals surface area (Å²) in [5.41, 5.74) is 1.11. The van der Waals surface area contributed by atoms with Crippen molar-refractivity contribution in [2.24, 2.45) is 0 Å². The number of halogens is 1. The number of ketones is 1. The van der Waals surface area contributed by atoms with E-state index in [0.717, 1.165) is 13.1 Å². The summed E-state index contributed by atoms with van der Waals surface area (Å²) in [6, 6.07) is 4.51. The molecule has 3 heteroatoms. The zero-order chi connectivity index (χ0) is 12.1. The number of Topliss-reactive ketones (excluding diaryl/α,β-unsaturated/α-hetero) is 1. The average Bonchev–Trinajstić information content (AvgIpc) is 2.29. The predicted octanol–water partition coefficient (Wildman–Crippen LogP) is 2.66. The highest BCUT2D eigenvalue weighted by Gasteiger charge is 2.10.